The van der Waals surface area contributed by atoms with Crippen molar-refractivity contribution in [3.8, 4) is 34.4 Å². The van der Waals surface area contributed by atoms with Gasteiger partial charge in [0, 0.05) is 62.5 Å². The highest BCUT2D eigenvalue weighted by Gasteiger charge is 2.42. The molecule has 0 spiro atoms. The van der Waals surface area contributed by atoms with E-state index in [0.29, 0.717) is 68.7 Å². The maximum atomic E-state index is 13.2. The third kappa shape index (κ3) is 16.7. The summed E-state index contributed by atoms with van der Waals surface area (Å²) < 4.78 is 108. The molecule has 8 aromatic rings. The van der Waals surface area contributed by atoms with Crippen LogP contribution in [-0.4, -0.2) is 92.9 Å². The second-order valence-electron chi connectivity index (χ2n) is 24.7. The zero-order chi connectivity index (χ0) is 64.7. The number of carbonyl (C=O) groups is 2. The summed E-state index contributed by atoms with van der Waals surface area (Å²) in [6, 6.07) is 33.1. The number of anilines is 2. The number of ether oxygens (including phenoxy) is 3. The topological polar surface area (TPSA) is 192 Å². The lowest BCUT2D eigenvalue weighted by molar-refractivity contribution is -0.148. The summed E-state index contributed by atoms with van der Waals surface area (Å²) in [7, 11) is 0. The molecule has 4 aromatic heterocycles. The monoisotopic (exact) mass is 1240 g/mol. The van der Waals surface area contributed by atoms with Gasteiger partial charge in [0.05, 0.1) is 43.0 Å². The molecular formula is C68H74F6N8O8. The predicted molar refractivity (Wildman–Crippen MR) is 326 cm³/mol. The molecule has 2 saturated heterocycles. The van der Waals surface area contributed by atoms with Gasteiger partial charge in [-0.15, -0.1) is 0 Å². The minimum atomic E-state index is -4.61. The molecule has 16 nitrogen and oxygen atoms in total. The summed E-state index contributed by atoms with van der Waals surface area (Å²) in [5, 5.41) is 9.79. The Bertz CT molecular complexity index is 3710. The second kappa shape index (κ2) is 27.5. The van der Waals surface area contributed by atoms with Gasteiger partial charge in [0.15, 0.2) is 0 Å². The molecule has 0 bridgehead atoms. The molecule has 0 saturated carbocycles. The van der Waals surface area contributed by atoms with E-state index in [1.165, 1.54) is 16.0 Å². The first kappa shape index (κ1) is 65.6. The van der Waals surface area contributed by atoms with Crippen molar-refractivity contribution in [3.05, 3.63) is 178 Å². The Hall–Kier alpha value is -8.82. The minimum Gasteiger partial charge on any atom is -0.493 e. The van der Waals surface area contributed by atoms with Gasteiger partial charge in [-0.25, -0.2) is 29.9 Å². The van der Waals surface area contributed by atoms with Gasteiger partial charge in [-0.05, 0) is 139 Å². The molecule has 10 rings (SSSR count). The molecule has 6 heterocycles. The Balaban J connectivity index is 0.000000214. The number of carbonyl (C=O) groups excluding carboxylic acids is 1. The molecule has 0 aliphatic carbocycles. The number of aliphatic carboxylic acids is 1. The van der Waals surface area contributed by atoms with E-state index in [9.17, 15) is 41.0 Å². The van der Waals surface area contributed by atoms with Crippen LogP contribution in [0.4, 0.5) is 38.2 Å². The molecule has 0 unspecified atom stereocenters. The number of alkyl halides is 6. The molecule has 4 atom stereocenters. The number of aryl methyl sites for hydroxylation is 2. The van der Waals surface area contributed by atoms with Crippen LogP contribution in [0.2, 0.25) is 0 Å². The molecular weight excluding hydrogens is 1170 g/mol. The average Bonchev–Trinajstić information content (AvgIpc) is 1.81. The molecule has 90 heavy (non-hydrogen) atoms. The highest BCUT2D eigenvalue weighted by Crippen LogP contribution is 2.36. The van der Waals surface area contributed by atoms with E-state index in [1.54, 1.807) is 11.8 Å². The van der Waals surface area contributed by atoms with Crippen LogP contribution < -0.4 is 19.3 Å². The maximum Gasteiger partial charge on any atom is 0.433 e. The van der Waals surface area contributed by atoms with E-state index in [-0.39, 0.29) is 66.8 Å². The molecule has 22 heteroatoms. The molecule has 2 aliphatic heterocycles. The van der Waals surface area contributed by atoms with Crippen molar-refractivity contribution in [2.75, 3.05) is 55.8 Å². The van der Waals surface area contributed by atoms with E-state index < -0.39 is 41.5 Å². The summed E-state index contributed by atoms with van der Waals surface area (Å²) in [4.78, 5) is 52.6. The number of aromatic nitrogens is 6. The van der Waals surface area contributed by atoms with Crippen molar-refractivity contribution in [2.24, 2.45) is 23.7 Å². The summed E-state index contributed by atoms with van der Waals surface area (Å²) in [5.41, 5.74) is 5.91. The first-order chi connectivity index (χ1) is 42.6. The van der Waals surface area contributed by atoms with Gasteiger partial charge in [-0.1, -0.05) is 90.1 Å². The van der Waals surface area contributed by atoms with Crippen molar-refractivity contribution < 1.29 is 64.1 Å². The number of oxazole rings is 2. The molecule has 2 aliphatic rings. The van der Waals surface area contributed by atoms with Crippen LogP contribution in [0, 0.1) is 37.5 Å². The van der Waals surface area contributed by atoms with Gasteiger partial charge in [0.2, 0.25) is 23.7 Å². The molecule has 1 N–H and O–H groups in total. The standard InChI is InChI=1S/C35H39F3N4O4.C33H35F3N4O4/c1-6-44-32(43)28-21-42(33-39-17-15-30(41-33)35(36,37)38)20-25(28)19-23-7-13-27(14-8-23)45-18-16-29-22(2)46-31(40-29)24-9-11-26(12-10-24)34(3,4)5;1-20-27(38-29(44-20)22-7-9-24(10-8-22)32(2,3)4)14-16-43-25-11-5-21(6-12-25)17-23-18-40(19-26(23)30(41)42)31-37-15-13-28(39-31)33(34,35)36/h7-15,17,25,28H,6,16,18-21H2,1-5H3;5-13,15,23,26H,14,16-19H2,1-4H3,(H,41,42)/t25-,28-;23-,26+/m11/s1. The Kier molecular flexibility index (Phi) is 20.1. The fraction of sp³-hybridized carbons (Fsp3) is 0.412. The van der Waals surface area contributed by atoms with E-state index in [2.05, 4.69) is 90.7 Å². The smallest absolute Gasteiger partial charge is 0.433 e. The first-order valence-electron chi connectivity index (χ1n) is 29.9. The van der Waals surface area contributed by atoms with Gasteiger partial charge < -0.3 is 38.0 Å². The van der Waals surface area contributed by atoms with E-state index in [1.807, 2.05) is 86.6 Å². The lowest BCUT2D eigenvalue weighted by Gasteiger charge is -2.18. The van der Waals surface area contributed by atoms with Crippen LogP contribution >= 0.6 is 0 Å². The fourth-order valence-electron chi connectivity index (χ4n) is 11.0. The van der Waals surface area contributed by atoms with Crippen LogP contribution in [0.15, 0.2) is 130 Å². The molecule has 476 valence electrons. The van der Waals surface area contributed by atoms with Crippen molar-refractivity contribution in [3.63, 3.8) is 0 Å². The summed E-state index contributed by atoms with van der Waals surface area (Å²) in [5.74, 6) is 0.640. The normalized spacial score (nSPS) is 17.1. The van der Waals surface area contributed by atoms with Crippen molar-refractivity contribution in [2.45, 2.75) is 111 Å². The number of hydrogen-bond acceptors (Lipinski definition) is 15. The zero-order valence-electron chi connectivity index (χ0n) is 51.8. The van der Waals surface area contributed by atoms with Gasteiger partial charge in [-0.3, -0.25) is 9.59 Å². The zero-order valence-corrected chi connectivity index (χ0v) is 51.8. The van der Waals surface area contributed by atoms with Crippen LogP contribution in [-0.2, 0) is 63.2 Å². The Morgan fingerprint density at radius 3 is 1.30 bits per heavy atom. The molecule has 2 fully saturated rings. The Morgan fingerprint density at radius 1 is 0.544 bits per heavy atom. The van der Waals surface area contributed by atoms with Crippen molar-refractivity contribution in [1.82, 2.24) is 29.9 Å². The van der Waals surface area contributed by atoms with Gasteiger partial charge in [0.1, 0.15) is 34.4 Å². The number of halogens is 6. The number of nitrogens with zero attached hydrogens (tertiary/aromatic N) is 8. The molecule has 0 amide bonds. The number of benzene rings is 4. The summed E-state index contributed by atoms with van der Waals surface area (Å²) in [6.45, 7) is 20.3. The molecule has 0 radical (unpaired) electrons. The fourth-order valence-corrected chi connectivity index (χ4v) is 11.0. The lowest BCUT2D eigenvalue weighted by Crippen LogP contribution is -2.27. The quantitative estimate of drug-likeness (QED) is 0.0593. The third-order valence-electron chi connectivity index (χ3n) is 16.1. The number of rotatable bonds is 19. The third-order valence-corrected chi connectivity index (χ3v) is 16.1. The summed E-state index contributed by atoms with van der Waals surface area (Å²) >= 11 is 0. The maximum absolute atomic E-state index is 13.2. The predicted octanol–water partition coefficient (Wildman–Crippen LogP) is 14.0. The van der Waals surface area contributed by atoms with Gasteiger partial charge in [0.25, 0.3) is 0 Å². The van der Waals surface area contributed by atoms with E-state index in [0.717, 1.165) is 69.7 Å². The van der Waals surface area contributed by atoms with Crippen LogP contribution in [0.25, 0.3) is 22.9 Å². The van der Waals surface area contributed by atoms with E-state index in [4.69, 9.17) is 28.0 Å². The summed E-state index contributed by atoms with van der Waals surface area (Å²) in [6.07, 6.45) is -4.96. The highest BCUT2D eigenvalue weighted by molar-refractivity contribution is 5.75. The largest absolute Gasteiger partial charge is 0.493 e. The number of carboxylic acids is 1. The number of esters is 1. The second-order valence-corrected chi connectivity index (χ2v) is 24.7. The number of hydrogen-bond donors (Lipinski definition) is 1. The Morgan fingerprint density at radius 2 is 0.933 bits per heavy atom. The van der Waals surface area contributed by atoms with Gasteiger partial charge >= 0.3 is 24.3 Å². The minimum absolute atomic E-state index is 0.0356. The Labute approximate surface area is 519 Å². The highest BCUT2D eigenvalue weighted by atomic mass is 19.4. The van der Waals surface area contributed by atoms with Crippen LogP contribution in [0.5, 0.6) is 11.5 Å². The molecule has 4 aromatic carbocycles. The SMILES string of the molecule is CCOC(=O)[C@@H]1CN(c2nccc(C(F)(F)F)n2)C[C@H]1Cc1ccc(OCCc2nc(-c3ccc(C(C)(C)C)cc3)oc2C)cc1.Cc1oc(-c2ccc(C(C)(C)C)cc2)nc1CCOc1ccc(C[C@@H]2CN(c3nccc(C(F)(F)F)n3)C[C@@H]2C(=O)O)cc1. The van der Waals surface area contributed by atoms with Crippen molar-refractivity contribution in [1.29, 1.82) is 0 Å². The average molecular weight is 1250 g/mol. The van der Waals surface area contributed by atoms with Gasteiger partial charge in [-0.2, -0.15) is 26.3 Å². The van der Waals surface area contributed by atoms with E-state index >= 15 is 0 Å². The van der Waals surface area contributed by atoms with Crippen molar-refractivity contribution >= 4 is 23.8 Å². The lowest BCUT2D eigenvalue weighted by atomic mass is 9.87. The number of carboxylic acid groups (broad SMARTS) is 1. The van der Waals surface area contributed by atoms with Crippen LogP contribution in [0.1, 0.15) is 105 Å². The first-order valence-corrected chi connectivity index (χ1v) is 29.9. The van der Waals surface area contributed by atoms with Crippen LogP contribution in [0.3, 0.4) is 0 Å².